The Hall–Kier alpha value is -3.21. The lowest BCUT2D eigenvalue weighted by atomic mass is 9.79. The summed E-state index contributed by atoms with van der Waals surface area (Å²) in [5.41, 5.74) is -3.70. The molecule has 1 saturated heterocycles. The number of methoxy groups -OCH3 is 1. The van der Waals surface area contributed by atoms with Crippen molar-refractivity contribution >= 4 is 35.0 Å². The van der Waals surface area contributed by atoms with E-state index in [0.717, 1.165) is 0 Å². The first-order valence-corrected chi connectivity index (χ1v) is 10.8. The number of ether oxygens (including phenoxy) is 1. The maximum atomic E-state index is 14.1. The molecule has 2 heterocycles. The monoisotopic (exact) mass is 528 g/mol. The lowest BCUT2D eigenvalue weighted by Gasteiger charge is -2.44. The van der Waals surface area contributed by atoms with Crippen LogP contribution in [0, 0.1) is 5.92 Å². The number of rotatable bonds is 5. The summed E-state index contributed by atoms with van der Waals surface area (Å²) >= 11 is 12.2. The SMILES string of the molecule is COc1ccc(C(=O)[C@H]2[C@@H](c3ccc(-c4cccc(Cl)c4Cl)o3)NC(=O)N[C@]2(O)C(F)(F)F)cc1. The fourth-order valence-electron chi connectivity index (χ4n) is 3.87. The number of benzene rings is 2. The van der Waals surface area contributed by atoms with E-state index in [4.69, 9.17) is 32.4 Å². The highest BCUT2D eigenvalue weighted by Crippen LogP contribution is 2.45. The number of alkyl halides is 3. The number of amides is 2. The van der Waals surface area contributed by atoms with Gasteiger partial charge in [0, 0.05) is 11.1 Å². The van der Waals surface area contributed by atoms with Crippen LogP contribution < -0.4 is 15.4 Å². The predicted octanol–water partition coefficient (Wildman–Crippen LogP) is 5.37. The number of hydrogen-bond donors (Lipinski definition) is 3. The Bertz CT molecular complexity index is 1280. The Balaban J connectivity index is 1.82. The molecule has 4 rings (SSSR count). The molecule has 0 radical (unpaired) electrons. The summed E-state index contributed by atoms with van der Waals surface area (Å²) in [6, 6.07) is 9.65. The standard InChI is InChI=1S/C23H17Cl2F3N2O5/c1-34-12-7-5-11(6-8-12)20(31)17-19(29-21(32)30-22(17,33)23(26,27)28)16-10-9-15(35-16)13-3-2-4-14(24)18(13)25/h2-10,17,19,33H,1H3,(H2,29,30,32)/t17-,19-,22-/m1/s1. The number of aliphatic hydroxyl groups is 1. The van der Waals surface area contributed by atoms with Crippen LogP contribution in [-0.2, 0) is 0 Å². The molecule has 0 aliphatic carbocycles. The molecule has 35 heavy (non-hydrogen) atoms. The highest BCUT2D eigenvalue weighted by Gasteiger charge is 2.66. The van der Waals surface area contributed by atoms with Crippen molar-refractivity contribution in [3.8, 4) is 17.1 Å². The number of halogens is 5. The fourth-order valence-corrected chi connectivity index (χ4v) is 4.26. The normalized spacial score (nSPS) is 22.3. The Kier molecular flexibility index (Phi) is 6.48. The maximum absolute atomic E-state index is 14.1. The van der Waals surface area contributed by atoms with Crippen molar-refractivity contribution in [3.63, 3.8) is 0 Å². The van der Waals surface area contributed by atoms with Crippen LogP contribution in [0.2, 0.25) is 10.0 Å². The molecule has 0 bridgehead atoms. The first-order chi connectivity index (χ1) is 16.5. The second-order valence-corrected chi connectivity index (χ2v) is 8.50. The van der Waals surface area contributed by atoms with Gasteiger partial charge in [0.05, 0.1) is 17.2 Å². The van der Waals surface area contributed by atoms with Gasteiger partial charge in [-0.3, -0.25) is 4.79 Å². The van der Waals surface area contributed by atoms with Crippen molar-refractivity contribution in [2.45, 2.75) is 17.9 Å². The minimum atomic E-state index is -5.40. The summed E-state index contributed by atoms with van der Waals surface area (Å²) in [5.74, 6) is -3.05. The van der Waals surface area contributed by atoms with E-state index in [-0.39, 0.29) is 27.1 Å². The molecule has 3 aromatic rings. The van der Waals surface area contributed by atoms with E-state index >= 15 is 0 Å². The van der Waals surface area contributed by atoms with E-state index in [1.54, 1.807) is 12.1 Å². The quantitative estimate of drug-likeness (QED) is 0.386. The van der Waals surface area contributed by atoms with E-state index in [1.165, 1.54) is 54.9 Å². The highest BCUT2D eigenvalue weighted by atomic mass is 35.5. The largest absolute Gasteiger partial charge is 0.497 e. The molecule has 3 N–H and O–H groups in total. The van der Waals surface area contributed by atoms with E-state index in [1.807, 2.05) is 0 Å². The summed E-state index contributed by atoms with van der Waals surface area (Å²) in [7, 11) is 1.39. The minimum absolute atomic E-state index is 0.131. The van der Waals surface area contributed by atoms with Gasteiger partial charge >= 0.3 is 12.2 Å². The number of carbonyl (C=O) groups excluding carboxylic acids is 2. The van der Waals surface area contributed by atoms with Crippen molar-refractivity contribution in [2.75, 3.05) is 7.11 Å². The second-order valence-electron chi connectivity index (χ2n) is 7.71. The molecule has 2 aromatic carbocycles. The van der Waals surface area contributed by atoms with Crippen molar-refractivity contribution in [1.82, 2.24) is 10.6 Å². The molecule has 2 amide bonds. The van der Waals surface area contributed by atoms with Crippen LogP contribution in [0.15, 0.2) is 59.0 Å². The number of hydrogen-bond acceptors (Lipinski definition) is 5. The van der Waals surface area contributed by atoms with Gasteiger partial charge < -0.3 is 24.9 Å². The molecule has 0 spiro atoms. The smallest absolute Gasteiger partial charge is 0.437 e. The van der Waals surface area contributed by atoms with Gasteiger partial charge in [-0.1, -0.05) is 29.3 Å². The van der Waals surface area contributed by atoms with E-state index < -0.39 is 35.7 Å². The van der Waals surface area contributed by atoms with Crippen molar-refractivity contribution in [2.24, 2.45) is 5.92 Å². The van der Waals surface area contributed by atoms with Crippen molar-refractivity contribution in [1.29, 1.82) is 0 Å². The Morgan fingerprint density at radius 3 is 2.43 bits per heavy atom. The third-order valence-electron chi connectivity index (χ3n) is 5.61. The first-order valence-electron chi connectivity index (χ1n) is 10.1. The van der Waals surface area contributed by atoms with Crippen LogP contribution in [0.25, 0.3) is 11.3 Å². The number of urea groups is 1. The van der Waals surface area contributed by atoms with Crippen LogP contribution in [0.4, 0.5) is 18.0 Å². The average Bonchev–Trinajstić information content (AvgIpc) is 3.29. The summed E-state index contributed by atoms with van der Waals surface area (Å²) in [6.07, 6.45) is -5.40. The predicted molar refractivity (Wildman–Crippen MR) is 120 cm³/mol. The number of furan rings is 1. The molecule has 1 aliphatic rings. The van der Waals surface area contributed by atoms with Gasteiger partial charge in [0.1, 0.15) is 29.2 Å². The van der Waals surface area contributed by atoms with E-state index in [9.17, 15) is 27.9 Å². The average molecular weight is 529 g/mol. The number of carbonyl (C=O) groups is 2. The lowest BCUT2D eigenvalue weighted by molar-refractivity contribution is -0.288. The molecule has 0 saturated carbocycles. The molecule has 0 unspecified atom stereocenters. The summed E-state index contributed by atoms with van der Waals surface area (Å²) in [4.78, 5) is 25.5. The van der Waals surface area contributed by atoms with Crippen LogP contribution in [-0.4, -0.2) is 35.9 Å². The minimum Gasteiger partial charge on any atom is -0.497 e. The zero-order valence-electron chi connectivity index (χ0n) is 17.8. The van der Waals surface area contributed by atoms with Gasteiger partial charge in [-0.25, -0.2) is 4.79 Å². The first kappa shape index (κ1) is 24.9. The van der Waals surface area contributed by atoms with Crippen molar-refractivity contribution < 1.29 is 37.0 Å². The molecule has 1 aromatic heterocycles. The summed E-state index contributed by atoms with van der Waals surface area (Å²) in [6.45, 7) is 0. The molecule has 12 heteroatoms. The fraction of sp³-hybridized carbons (Fsp3) is 0.217. The van der Waals surface area contributed by atoms with Crippen LogP contribution >= 0.6 is 23.2 Å². The zero-order chi connectivity index (χ0) is 25.5. The van der Waals surface area contributed by atoms with E-state index in [0.29, 0.717) is 11.3 Å². The van der Waals surface area contributed by atoms with Gasteiger partial charge in [0.2, 0.25) is 5.72 Å². The molecular weight excluding hydrogens is 512 g/mol. The third-order valence-corrected chi connectivity index (χ3v) is 6.43. The summed E-state index contributed by atoms with van der Waals surface area (Å²) in [5, 5.41) is 14.8. The van der Waals surface area contributed by atoms with Gasteiger partial charge in [-0.05, 0) is 48.5 Å². The summed E-state index contributed by atoms with van der Waals surface area (Å²) < 4.78 is 52.9. The van der Waals surface area contributed by atoms with E-state index in [2.05, 4.69) is 5.32 Å². The Labute approximate surface area is 206 Å². The lowest BCUT2D eigenvalue weighted by Crippen LogP contribution is -2.72. The van der Waals surface area contributed by atoms with Gasteiger partial charge in [-0.2, -0.15) is 13.2 Å². The topological polar surface area (TPSA) is 101 Å². The maximum Gasteiger partial charge on any atom is 0.437 e. The Morgan fingerprint density at radius 1 is 1.11 bits per heavy atom. The highest BCUT2D eigenvalue weighted by molar-refractivity contribution is 6.43. The molecule has 184 valence electrons. The number of nitrogens with one attached hydrogen (secondary N) is 2. The van der Waals surface area contributed by atoms with Gasteiger partial charge in [-0.15, -0.1) is 0 Å². The molecular formula is C23H17Cl2F3N2O5. The number of Topliss-reactive ketones (excluding diaryl/α,β-unsaturated/α-hetero) is 1. The Morgan fingerprint density at radius 2 is 1.80 bits per heavy atom. The zero-order valence-corrected chi connectivity index (χ0v) is 19.3. The molecule has 3 atom stereocenters. The van der Waals surface area contributed by atoms with Crippen molar-refractivity contribution in [3.05, 3.63) is 76.0 Å². The third kappa shape index (κ3) is 4.44. The molecule has 7 nitrogen and oxygen atoms in total. The van der Waals surface area contributed by atoms with Gasteiger partial charge in [0.15, 0.2) is 5.78 Å². The van der Waals surface area contributed by atoms with Crippen LogP contribution in [0.3, 0.4) is 0 Å². The molecule has 1 aliphatic heterocycles. The van der Waals surface area contributed by atoms with Crippen LogP contribution in [0.1, 0.15) is 22.2 Å². The number of ketones is 1. The van der Waals surface area contributed by atoms with Crippen LogP contribution in [0.5, 0.6) is 5.75 Å². The van der Waals surface area contributed by atoms with Gasteiger partial charge in [0.25, 0.3) is 0 Å². The second kappa shape index (κ2) is 9.10. The molecule has 1 fully saturated rings.